The number of Topliss-reactive ketones (excluding diaryl/α,β-unsaturated/α-hetero) is 1. The minimum Gasteiger partial charge on any atom is -0.392 e. The van der Waals surface area contributed by atoms with Crippen LogP contribution in [-0.2, 0) is 23.7 Å². The largest absolute Gasteiger partial charge is 0.392 e. The van der Waals surface area contributed by atoms with Gasteiger partial charge in [0.15, 0.2) is 18.4 Å². The van der Waals surface area contributed by atoms with Crippen molar-refractivity contribution in [2.45, 2.75) is 136 Å². The number of ether oxygens (including phenoxy) is 4. The Labute approximate surface area is 273 Å². The summed E-state index contributed by atoms with van der Waals surface area (Å²) in [5.74, 6) is -1.30. The Morgan fingerprint density at radius 2 is 1.64 bits per heavy atom. The van der Waals surface area contributed by atoms with Gasteiger partial charge >= 0.3 is 0 Å². The highest BCUT2D eigenvalue weighted by Gasteiger charge is 2.54. The van der Waals surface area contributed by atoms with E-state index in [0.29, 0.717) is 6.42 Å². The Balaban J connectivity index is 1.51. The molecule has 274 valence electrons. The summed E-state index contributed by atoms with van der Waals surface area (Å²) in [6.07, 6.45) is -15.1. The van der Waals surface area contributed by atoms with Gasteiger partial charge in [0.25, 0.3) is 0 Å². The van der Waals surface area contributed by atoms with Gasteiger partial charge in [-0.3, -0.25) is 4.79 Å². The SMILES string of the molecule is CN[C@@H]1[C@@H](O)[C@@H](O[C@H]2[C@H](CC(=O)C3(O)CC(N)C3)C[C@H](N)C(O[C@H]3O[C@H](CNCC(O)CCN)[C@@H](O)[C@H](O)[C@H]3O)[C@@H]2O)OC[C@]1(C)O. The van der Waals surface area contributed by atoms with Crippen LogP contribution in [-0.4, -0.2) is 177 Å². The summed E-state index contributed by atoms with van der Waals surface area (Å²) >= 11 is 0. The van der Waals surface area contributed by atoms with Crippen LogP contribution in [0.1, 0.15) is 39.0 Å². The highest BCUT2D eigenvalue weighted by molar-refractivity contribution is 5.88. The zero-order valence-electron chi connectivity index (χ0n) is 26.9. The molecule has 18 heteroatoms. The molecule has 0 aromatic carbocycles. The predicted molar refractivity (Wildman–Crippen MR) is 162 cm³/mol. The van der Waals surface area contributed by atoms with Gasteiger partial charge in [0.2, 0.25) is 0 Å². The Bertz CT molecular complexity index is 1020. The molecule has 2 saturated carbocycles. The second-order valence-electron chi connectivity index (χ2n) is 13.9. The van der Waals surface area contributed by atoms with Gasteiger partial charge in [0, 0.05) is 31.6 Å². The van der Waals surface area contributed by atoms with Crippen LogP contribution in [0.2, 0.25) is 0 Å². The van der Waals surface area contributed by atoms with Crippen LogP contribution in [0.3, 0.4) is 0 Å². The molecule has 15 atom stereocenters. The average molecular weight is 682 g/mol. The summed E-state index contributed by atoms with van der Waals surface area (Å²) in [5, 5.41) is 91.7. The van der Waals surface area contributed by atoms with Crippen molar-refractivity contribution >= 4 is 5.78 Å². The molecule has 2 aliphatic carbocycles. The molecule has 4 fully saturated rings. The Morgan fingerprint density at radius 3 is 2.26 bits per heavy atom. The van der Waals surface area contributed by atoms with E-state index in [-0.39, 0.29) is 58.0 Å². The lowest BCUT2D eigenvalue weighted by Gasteiger charge is -2.50. The Hall–Kier alpha value is -1.01. The number of hydrogen-bond donors (Lipinski definition) is 13. The number of rotatable bonds is 14. The van der Waals surface area contributed by atoms with Crippen molar-refractivity contribution in [3.8, 4) is 0 Å². The first-order valence-electron chi connectivity index (χ1n) is 16.3. The lowest BCUT2D eigenvalue weighted by atomic mass is 9.69. The smallest absolute Gasteiger partial charge is 0.187 e. The summed E-state index contributed by atoms with van der Waals surface area (Å²) in [5.41, 5.74) is 14.6. The maximum absolute atomic E-state index is 13.2. The molecule has 0 bridgehead atoms. The fourth-order valence-electron chi connectivity index (χ4n) is 7.13. The second kappa shape index (κ2) is 15.9. The van der Waals surface area contributed by atoms with E-state index in [2.05, 4.69) is 10.6 Å². The fraction of sp³-hybridized carbons (Fsp3) is 0.966. The van der Waals surface area contributed by atoms with E-state index in [4.69, 9.17) is 36.1 Å². The molecule has 4 rings (SSSR count). The van der Waals surface area contributed by atoms with Gasteiger partial charge in [-0.2, -0.15) is 0 Å². The quantitative estimate of drug-likeness (QED) is 0.0810. The maximum Gasteiger partial charge on any atom is 0.187 e. The van der Waals surface area contributed by atoms with E-state index >= 15 is 0 Å². The molecule has 2 saturated heterocycles. The molecule has 16 N–H and O–H groups in total. The topological polar surface area (TPSA) is 318 Å². The monoisotopic (exact) mass is 681 g/mol. The molecule has 0 aromatic heterocycles. The number of carbonyl (C=O) groups excluding carboxylic acids is 1. The summed E-state index contributed by atoms with van der Waals surface area (Å²) in [6.45, 7) is 1.60. The van der Waals surface area contributed by atoms with E-state index in [1.807, 2.05) is 0 Å². The van der Waals surface area contributed by atoms with Gasteiger partial charge in [-0.05, 0) is 52.1 Å². The molecule has 18 nitrogen and oxygen atoms in total. The van der Waals surface area contributed by atoms with Crippen LogP contribution >= 0.6 is 0 Å². The molecule has 0 radical (unpaired) electrons. The van der Waals surface area contributed by atoms with Gasteiger partial charge in [-0.1, -0.05) is 0 Å². The van der Waals surface area contributed by atoms with Crippen LogP contribution in [0.25, 0.3) is 0 Å². The van der Waals surface area contributed by atoms with Crippen LogP contribution in [0.15, 0.2) is 0 Å². The Kier molecular flexibility index (Phi) is 13.1. The lowest BCUT2D eigenvalue weighted by Crippen LogP contribution is -2.68. The summed E-state index contributed by atoms with van der Waals surface area (Å²) in [4.78, 5) is 13.2. The first kappa shape index (κ1) is 38.8. The molecule has 0 spiro atoms. The standard InChI is InChI=1S/C29H55N5O13/c1-28(42)11-44-26(22(41)25(28)33-2)46-23-12(6-17(36)29(43)7-13(31)8-29)5-15(32)24(21(23)40)47-27-20(39)19(38)18(37)16(45-27)10-34-9-14(35)3-4-30/h12-16,18-27,33-35,37-43H,3-11,30-32H2,1-2H3/t12-,13?,14?,15-,16+,18+,19-,20+,21+,22+,23-,24?,25+,26+,27+,28-,29?/m0/s1. The van der Waals surface area contributed by atoms with Crippen molar-refractivity contribution in [1.82, 2.24) is 10.6 Å². The van der Waals surface area contributed by atoms with E-state index in [9.17, 15) is 45.6 Å². The zero-order chi connectivity index (χ0) is 34.8. The van der Waals surface area contributed by atoms with Crippen molar-refractivity contribution < 1.29 is 64.6 Å². The number of aliphatic hydroxyl groups excluding tert-OH is 6. The third-order valence-corrected chi connectivity index (χ3v) is 9.92. The number of ketones is 1. The van der Waals surface area contributed by atoms with E-state index in [1.54, 1.807) is 7.05 Å². The summed E-state index contributed by atoms with van der Waals surface area (Å²) < 4.78 is 23.5. The maximum atomic E-state index is 13.2. The fourth-order valence-corrected chi connectivity index (χ4v) is 7.13. The van der Waals surface area contributed by atoms with E-state index < -0.39 is 103 Å². The molecule has 2 unspecified atom stereocenters. The minimum absolute atomic E-state index is 0.0221. The highest BCUT2D eigenvalue weighted by atomic mass is 16.7. The number of nitrogens with two attached hydrogens (primary N) is 3. The molecule has 2 aliphatic heterocycles. The highest BCUT2D eigenvalue weighted by Crippen LogP contribution is 2.39. The van der Waals surface area contributed by atoms with Crippen LogP contribution in [0.5, 0.6) is 0 Å². The molecular weight excluding hydrogens is 626 g/mol. The normalized spacial score (nSPS) is 48.1. The van der Waals surface area contributed by atoms with Crippen molar-refractivity contribution in [3.05, 3.63) is 0 Å². The first-order valence-corrected chi connectivity index (χ1v) is 16.3. The third-order valence-electron chi connectivity index (χ3n) is 9.92. The molecule has 0 aromatic rings. The predicted octanol–water partition coefficient (Wildman–Crippen LogP) is -6.56. The second-order valence-corrected chi connectivity index (χ2v) is 13.9. The molecular formula is C29H55N5O13. The third kappa shape index (κ3) is 8.66. The molecule has 2 heterocycles. The lowest BCUT2D eigenvalue weighted by molar-refractivity contribution is -0.333. The zero-order valence-corrected chi connectivity index (χ0v) is 26.9. The number of hydrogen-bond acceptors (Lipinski definition) is 18. The number of nitrogens with one attached hydrogen (secondary N) is 2. The first-order chi connectivity index (χ1) is 22.0. The summed E-state index contributed by atoms with van der Waals surface area (Å²) in [7, 11) is 1.54. The van der Waals surface area contributed by atoms with Gasteiger partial charge in [-0.25, -0.2) is 0 Å². The molecule has 4 aliphatic rings. The molecule has 0 amide bonds. The van der Waals surface area contributed by atoms with Gasteiger partial charge in [-0.15, -0.1) is 0 Å². The summed E-state index contributed by atoms with van der Waals surface area (Å²) in [6, 6.07) is -2.17. The van der Waals surface area contributed by atoms with Gasteiger partial charge in [0.1, 0.15) is 53.9 Å². The van der Waals surface area contributed by atoms with Crippen molar-refractivity contribution in [1.29, 1.82) is 0 Å². The van der Waals surface area contributed by atoms with E-state index in [0.717, 1.165) is 0 Å². The van der Waals surface area contributed by atoms with Crippen molar-refractivity contribution in [3.63, 3.8) is 0 Å². The minimum atomic E-state index is -1.75. The average Bonchev–Trinajstić information content (AvgIpc) is 2.98. The number of carbonyl (C=O) groups is 1. The van der Waals surface area contributed by atoms with Crippen molar-refractivity contribution in [2.24, 2.45) is 23.1 Å². The number of aliphatic hydroxyl groups is 8. The van der Waals surface area contributed by atoms with Crippen LogP contribution in [0, 0.1) is 5.92 Å². The van der Waals surface area contributed by atoms with Crippen LogP contribution < -0.4 is 27.8 Å². The Morgan fingerprint density at radius 1 is 0.979 bits per heavy atom. The van der Waals surface area contributed by atoms with Crippen LogP contribution in [0.4, 0.5) is 0 Å². The van der Waals surface area contributed by atoms with Gasteiger partial charge in [0.05, 0.1) is 24.9 Å². The van der Waals surface area contributed by atoms with Crippen molar-refractivity contribution in [2.75, 3.05) is 33.3 Å². The van der Waals surface area contributed by atoms with Gasteiger partial charge < -0.3 is 87.6 Å². The van der Waals surface area contributed by atoms with E-state index in [1.165, 1.54) is 6.92 Å². The molecule has 47 heavy (non-hydrogen) atoms. The number of likely N-dealkylation sites (N-methyl/N-ethyl adjacent to an activating group) is 1.